The summed E-state index contributed by atoms with van der Waals surface area (Å²) in [6.07, 6.45) is 1.25. The number of hydrogen-bond acceptors (Lipinski definition) is 5. The Bertz CT molecular complexity index is 1060. The van der Waals surface area contributed by atoms with Crippen molar-refractivity contribution in [2.24, 2.45) is 0 Å². The van der Waals surface area contributed by atoms with Gasteiger partial charge in [-0.05, 0) is 32.4 Å². The molecule has 10 heteroatoms. The molecule has 146 valence electrons. The zero-order valence-corrected chi connectivity index (χ0v) is 16.4. The Hall–Kier alpha value is -3.20. The Labute approximate surface area is 166 Å². The first-order chi connectivity index (χ1) is 13.3. The number of halogens is 1. The van der Waals surface area contributed by atoms with E-state index in [4.69, 9.17) is 11.6 Å². The quantitative estimate of drug-likeness (QED) is 0.500. The van der Waals surface area contributed by atoms with Gasteiger partial charge in [-0.1, -0.05) is 29.8 Å². The number of rotatable bonds is 6. The second-order valence-electron chi connectivity index (χ2n) is 6.22. The normalized spacial score (nSPS) is 10.9. The molecule has 3 aromatic rings. The van der Waals surface area contributed by atoms with Crippen LogP contribution in [0.2, 0.25) is 5.02 Å². The van der Waals surface area contributed by atoms with Gasteiger partial charge >= 0.3 is 5.69 Å². The Kier molecular flexibility index (Phi) is 5.46. The molecule has 1 N–H and O–H groups in total. The standard InChI is InChI=1S/C18H19ClN6O3/c1-4-23-10-15(25(27)28)17(22-23)18(26)20-16-11(2)21-24(12(16)3)9-13-7-5-6-8-14(13)19/h5-8,10H,4,9H2,1-3H3,(H,20,26). The number of hydrogen-bond donors (Lipinski definition) is 1. The molecule has 0 bridgehead atoms. The number of amides is 1. The summed E-state index contributed by atoms with van der Waals surface area (Å²) in [6, 6.07) is 7.44. The number of anilines is 1. The molecule has 2 heterocycles. The highest BCUT2D eigenvalue weighted by atomic mass is 35.5. The first-order valence-electron chi connectivity index (χ1n) is 8.62. The van der Waals surface area contributed by atoms with E-state index in [9.17, 15) is 14.9 Å². The highest BCUT2D eigenvalue weighted by Gasteiger charge is 2.27. The third-order valence-corrected chi connectivity index (χ3v) is 4.74. The molecule has 1 aromatic carbocycles. The van der Waals surface area contributed by atoms with E-state index >= 15 is 0 Å². The maximum absolute atomic E-state index is 12.6. The van der Waals surface area contributed by atoms with E-state index in [0.29, 0.717) is 35.2 Å². The zero-order valence-electron chi connectivity index (χ0n) is 15.6. The molecule has 0 radical (unpaired) electrons. The van der Waals surface area contributed by atoms with Crippen LogP contribution in [0.1, 0.15) is 34.4 Å². The molecule has 2 aromatic heterocycles. The topological polar surface area (TPSA) is 108 Å². The monoisotopic (exact) mass is 402 g/mol. The first-order valence-corrected chi connectivity index (χ1v) is 9.00. The average Bonchev–Trinajstić information content (AvgIpc) is 3.21. The molecule has 0 saturated carbocycles. The van der Waals surface area contributed by atoms with Gasteiger partial charge in [-0.25, -0.2) is 0 Å². The van der Waals surface area contributed by atoms with Crippen LogP contribution >= 0.6 is 11.6 Å². The lowest BCUT2D eigenvalue weighted by atomic mass is 10.2. The summed E-state index contributed by atoms with van der Waals surface area (Å²) in [6.45, 7) is 6.20. The summed E-state index contributed by atoms with van der Waals surface area (Å²) < 4.78 is 3.08. The lowest BCUT2D eigenvalue weighted by Crippen LogP contribution is -2.16. The zero-order chi connectivity index (χ0) is 20.4. The van der Waals surface area contributed by atoms with Crippen molar-refractivity contribution in [1.29, 1.82) is 0 Å². The summed E-state index contributed by atoms with van der Waals surface area (Å²) in [5.74, 6) is -0.651. The van der Waals surface area contributed by atoms with Crippen LogP contribution in [0.3, 0.4) is 0 Å². The number of nitrogens with one attached hydrogen (secondary N) is 1. The van der Waals surface area contributed by atoms with Gasteiger partial charge < -0.3 is 5.32 Å². The lowest BCUT2D eigenvalue weighted by molar-refractivity contribution is -0.385. The lowest BCUT2D eigenvalue weighted by Gasteiger charge is -2.08. The van der Waals surface area contributed by atoms with Crippen LogP contribution in [0.4, 0.5) is 11.4 Å². The molecule has 0 atom stereocenters. The number of nitrogens with zero attached hydrogens (tertiary/aromatic N) is 5. The third-order valence-electron chi connectivity index (χ3n) is 4.38. The summed E-state index contributed by atoms with van der Waals surface area (Å²) in [5.41, 5.74) is 2.13. The summed E-state index contributed by atoms with van der Waals surface area (Å²) in [4.78, 5) is 23.3. The molecular weight excluding hydrogens is 384 g/mol. The molecule has 3 rings (SSSR count). The van der Waals surface area contributed by atoms with E-state index in [-0.39, 0.29) is 11.4 Å². The highest BCUT2D eigenvalue weighted by molar-refractivity contribution is 6.31. The number of nitro groups is 1. The van der Waals surface area contributed by atoms with E-state index in [1.165, 1.54) is 10.9 Å². The van der Waals surface area contributed by atoms with Gasteiger partial charge in [0.05, 0.1) is 28.5 Å². The van der Waals surface area contributed by atoms with E-state index < -0.39 is 10.8 Å². The van der Waals surface area contributed by atoms with Crippen molar-refractivity contribution in [3.63, 3.8) is 0 Å². The number of carbonyl (C=O) groups is 1. The van der Waals surface area contributed by atoms with Crippen molar-refractivity contribution in [2.75, 3.05) is 5.32 Å². The van der Waals surface area contributed by atoms with Crippen LogP contribution in [0.5, 0.6) is 0 Å². The SMILES string of the molecule is CCn1cc([N+](=O)[O-])c(C(=O)Nc2c(C)nn(Cc3ccccc3Cl)c2C)n1. The Morgan fingerprint density at radius 3 is 2.64 bits per heavy atom. The predicted molar refractivity (Wildman–Crippen MR) is 105 cm³/mol. The van der Waals surface area contributed by atoms with Crippen molar-refractivity contribution < 1.29 is 9.72 Å². The van der Waals surface area contributed by atoms with Crippen LogP contribution in [0.25, 0.3) is 0 Å². The molecule has 28 heavy (non-hydrogen) atoms. The summed E-state index contributed by atoms with van der Waals surface area (Å²) in [7, 11) is 0. The Morgan fingerprint density at radius 1 is 1.29 bits per heavy atom. The second kappa shape index (κ2) is 7.81. The van der Waals surface area contributed by atoms with Gasteiger partial charge in [0.25, 0.3) is 5.91 Å². The number of benzene rings is 1. The van der Waals surface area contributed by atoms with Crippen molar-refractivity contribution >= 4 is 28.9 Å². The molecule has 0 saturated heterocycles. The fraction of sp³-hybridized carbons (Fsp3) is 0.278. The van der Waals surface area contributed by atoms with E-state index in [0.717, 1.165) is 5.56 Å². The molecule has 9 nitrogen and oxygen atoms in total. The van der Waals surface area contributed by atoms with Gasteiger partial charge in [0, 0.05) is 11.6 Å². The summed E-state index contributed by atoms with van der Waals surface area (Å²) in [5, 5.41) is 23.0. The molecule has 1 amide bonds. The number of aryl methyl sites for hydroxylation is 2. The van der Waals surface area contributed by atoms with Crippen molar-refractivity contribution in [2.45, 2.75) is 33.9 Å². The van der Waals surface area contributed by atoms with Gasteiger partial charge in [-0.3, -0.25) is 24.3 Å². The third kappa shape index (κ3) is 3.74. The summed E-state index contributed by atoms with van der Waals surface area (Å²) >= 11 is 6.22. The minimum absolute atomic E-state index is 0.232. The largest absolute Gasteiger partial charge is 0.320 e. The van der Waals surface area contributed by atoms with Crippen LogP contribution < -0.4 is 5.32 Å². The Morgan fingerprint density at radius 2 is 2.00 bits per heavy atom. The van der Waals surface area contributed by atoms with E-state index in [1.54, 1.807) is 24.6 Å². The van der Waals surface area contributed by atoms with E-state index in [1.807, 2.05) is 25.1 Å². The smallest absolute Gasteiger partial charge is 0.317 e. The van der Waals surface area contributed by atoms with Crippen LogP contribution in [0.15, 0.2) is 30.5 Å². The molecule has 0 unspecified atom stereocenters. The number of aromatic nitrogens is 4. The highest BCUT2D eigenvalue weighted by Crippen LogP contribution is 2.25. The van der Waals surface area contributed by atoms with Gasteiger partial charge in [-0.15, -0.1) is 0 Å². The molecular formula is C18H19ClN6O3. The fourth-order valence-electron chi connectivity index (χ4n) is 2.86. The van der Waals surface area contributed by atoms with Gasteiger partial charge in [0.1, 0.15) is 6.20 Å². The van der Waals surface area contributed by atoms with Crippen molar-refractivity contribution in [1.82, 2.24) is 19.6 Å². The molecule has 0 spiro atoms. The van der Waals surface area contributed by atoms with Crippen LogP contribution in [0, 0.1) is 24.0 Å². The van der Waals surface area contributed by atoms with E-state index in [2.05, 4.69) is 15.5 Å². The molecule has 0 fully saturated rings. The van der Waals surface area contributed by atoms with Gasteiger partial charge in [-0.2, -0.15) is 10.2 Å². The van der Waals surface area contributed by atoms with Gasteiger partial charge in [0.2, 0.25) is 5.69 Å². The predicted octanol–water partition coefficient (Wildman–Crippen LogP) is 3.58. The molecule has 0 aliphatic heterocycles. The maximum atomic E-state index is 12.6. The first kappa shape index (κ1) is 19.6. The van der Waals surface area contributed by atoms with Gasteiger partial charge in [0.15, 0.2) is 0 Å². The van der Waals surface area contributed by atoms with Crippen LogP contribution in [-0.2, 0) is 13.1 Å². The maximum Gasteiger partial charge on any atom is 0.320 e. The number of carbonyl (C=O) groups excluding carboxylic acids is 1. The second-order valence-corrected chi connectivity index (χ2v) is 6.63. The average molecular weight is 403 g/mol. The fourth-order valence-corrected chi connectivity index (χ4v) is 3.06. The van der Waals surface area contributed by atoms with Crippen molar-refractivity contribution in [3.8, 4) is 0 Å². The Balaban J connectivity index is 1.88. The molecule has 0 aliphatic rings. The minimum Gasteiger partial charge on any atom is -0.317 e. The molecule has 0 aliphatic carbocycles. The van der Waals surface area contributed by atoms with Crippen LogP contribution in [-0.4, -0.2) is 30.4 Å². The minimum atomic E-state index is -0.651. The van der Waals surface area contributed by atoms with Crippen molar-refractivity contribution in [3.05, 3.63) is 68.2 Å².